The molecule has 0 amide bonds. The summed E-state index contributed by atoms with van der Waals surface area (Å²) in [7, 11) is 0. The van der Waals surface area contributed by atoms with E-state index in [9.17, 15) is 10.2 Å². The fourth-order valence-electron chi connectivity index (χ4n) is 8.05. The first-order chi connectivity index (χ1) is 32.1. The van der Waals surface area contributed by atoms with Gasteiger partial charge in [0.15, 0.2) is 12.6 Å². The molecule has 0 saturated carbocycles. The molecule has 6 aromatic rings. The maximum atomic E-state index is 12.2. The first-order valence-electron chi connectivity index (χ1n) is 22.3. The lowest BCUT2D eigenvalue weighted by Crippen LogP contribution is -2.63. The van der Waals surface area contributed by atoms with Crippen molar-refractivity contribution >= 4 is 0 Å². The second-order valence-corrected chi connectivity index (χ2v) is 16.2. The summed E-state index contributed by atoms with van der Waals surface area (Å²) in [5, 5.41) is 24.0. The summed E-state index contributed by atoms with van der Waals surface area (Å²) in [4.78, 5) is 0. The maximum absolute atomic E-state index is 12.2. The molecule has 65 heavy (non-hydrogen) atoms. The van der Waals surface area contributed by atoms with Crippen molar-refractivity contribution in [2.45, 2.75) is 101 Å². The highest BCUT2D eigenvalue weighted by molar-refractivity contribution is 5.18. The van der Waals surface area contributed by atoms with Crippen molar-refractivity contribution in [3.8, 4) is 0 Å². The molecule has 0 spiro atoms. The molecule has 10 unspecified atom stereocenters. The highest BCUT2D eigenvalue weighted by atomic mass is 16.7. The molecule has 2 fully saturated rings. The molecule has 340 valence electrons. The van der Waals surface area contributed by atoms with Crippen molar-refractivity contribution < 1.29 is 52.8 Å². The molecule has 2 saturated heterocycles. The van der Waals surface area contributed by atoms with E-state index in [0.717, 1.165) is 33.4 Å². The Morgan fingerprint density at radius 2 is 0.646 bits per heavy atom. The summed E-state index contributed by atoms with van der Waals surface area (Å²) in [5.74, 6) is 0. The van der Waals surface area contributed by atoms with E-state index in [-0.39, 0.29) is 46.2 Å². The van der Waals surface area contributed by atoms with Gasteiger partial charge in [-0.1, -0.05) is 182 Å². The Kier molecular flexibility index (Phi) is 17.4. The number of aliphatic hydroxyl groups is 2. The second-order valence-electron chi connectivity index (χ2n) is 16.2. The predicted molar refractivity (Wildman–Crippen MR) is 243 cm³/mol. The minimum absolute atomic E-state index is 0.114. The number of benzene rings is 6. The molecular weight excluding hydrogens is 825 g/mol. The molecule has 11 heteroatoms. The topological polar surface area (TPSA) is 124 Å². The van der Waals surface area contributed by atoms with Crippen molar-refractivity contribution in [3.63, 3.8) is 0 Å². The quantitative estimate of drug-likeness (QED) is 0.0691. The van der Waals surface area contributed by atoms with Crippen LogP contribution in [0.5, 0.6) is 0 Å². The first-order valence-corrected chi connectivity index (χ1v) is 22.3. The number of ether oxygens (including phenoxy) is 9. The van der Waals surface area contributed by atoms with Gasteiger partial charge in [-0.25, -0.2) is 0 Å². The molecular formula is C54H58O11. The van der Waals surface area contributed by atoms with Gasteiger partial charge in [0.2, 0.25) is 0 Å². The molecule has 11 nitrogen and oxygen atoms in total. The molecule has 0 bridgehead atoms. The lowest BCUT2D eigenvalue weighted by molar-refractivity contribution is -0.344. The van der Waals surface area contributed by atoms with Gasteiger partial charge in [-0.2, -0.15) is 0 Å². The normalized spacial score (nSPS) is 25.6. The zero-order valence-electron chi connectivity index (χ0n) is 36.3. The van der Waals surface area contributed by atoms with Gasteiger partial charge in [0.1, 0.15) is 48.8 Å². The molecule has 10 atom stereocenters. The number of hydrogen-bond acceptors (Lipinski definition) is 11. The minimum Gasteiger partial charge on any atom is -0.385 e. The van der Waals surface area contributed by atoms with Gasteiger partial charge >= 0.3 is 0 Å². The Morgan fingerprint density at radius 3 is 1.06 bits per heavy atom. The fourth-order valence-corrected chi connectivity index (χ4v) is 8.05. The summed E-state index contributed by atoms with van der Waals surface area (Å²) in [5.41, 5.74) is 5.68. The van der Waals surface area contributed by atoms with Gasteiger partial charge in [-0.05, 0) is 33.4 Å². The number of aliphatic hydroxyl groups excluding tert-OH is 2. The van der Waals surface area contributed by atoms with Gasteiger partial charge < -0.3 is 52.8 Å². The molecule has 2 aliphatic heterocycles. The Hall–Kier alpha value is -5.12. The van der Waals surface area contributed by atoms with Crippen LogP contribution < -0.4 is 0 Å². The van der Waals surface area contributed by atoms with Gasteiger partial charge in [-0.15, -0.1) is 0 Å². The second kappa shape index (κ2) is 24.4. The van der Waals surface area contributed by atoms with E-state index in [4.69, 9.17) is 42.6 Å². The summed E-state index contributed by atoms with van der Waals surface area (Å²) in [6.45, 7) is 1.39. The molecule has 0 aliphatic carbocycles. The van der Waals surface area contributed by atoms with Crippen LogP contribution in [0.3, 0.4) is 0 Å². The maximum Gasteiger partial charge on any atom is 0.186 e. The average molecular weight is 883 g/mol. The fraction of sp³-hybridized carbons (Fsp3) is 0.333. The van der Waals surface area contributed by atoms with Crippen molar-refractivity contribution in [3.05, 3.63) is 215 Å². The summed E-state index contributed by atoms with van der Waals surface area (Å²) in [6, 6.07) is 58.8. The SMILES string of the molecule is OC1OC(COC2OC(COCc3ccccc3)C(OCc3ccccc3)C(OCc3ccccc3)C2O)C(OCc2ccccc2)C(OCc2ccccc2)C1OCc1ccccc1. The Labute approximate surface area is 381 Å². The monoisotopic (exact) mass is 882 g/mol. The van der Waals surface area contributed by atoms with E-state index in [1.54, 1.807) is 0 Å². The van der Waals surface area contributed by atoms with Crippen LogP contribution in [0, 0.1) is 0 Å². The van der Waals surface area contributed by atoms with Crippen molar-refractivity contribution in [1.82, 2.24) is 0 Å². The largest absolute Gasteiger partial charge is 0.385 e. The third kappa shape index (κ3) is 13.5. The average Bonchev–Trinajstić information content (AvgIpc) is 3.36. The summed E-state index contributed by atoms with van der Waals surface area (Å²) in [6.07, 6.45) is -9.77. The van der Waals surface area contributed by atoms with Crippen LogP contribution in [-0.4, -0.2) is 84.8 Å². The molecule has 2 N–H and O–H groups in total. The summed E-state index contributed by atoms with van der Waals surface area (Å²) >= 11 is 0. The smallest absolute Gasteiger partial charge is 0.186 e. The molecule has 0 radical (unpaired) electrons. The molecule has 0 aromatic heterocycles. The van der Waals surface area contributed by atoms with Crippen molar-refractivity contribution in [1.29, 1.82) is 0 Å². The van der Waals surface area contributed by atoms with Crippen LogP contribution in [0.4, 0.5) is 0 Å². The van der Waals surface area contributed by atoms with Gasteiger partial charge in [-0.3, -0.25) is 0 Å². The third-order valence-corrected chi connectivity index (χ3v) is 11.5. The Morgan fingerprint density at radius 1 is 0.323 bits per heavy atom. The van der Waals surface area contributed by atoms with Crippen LogP contribution in [0.25, 0.3) is 0 Å². The van der Waals surface area contributed by atoms with E-state index >= 15 is 0 Å². The molecule has 6 aromatic carbocycles. The predicted octanol–water partition coefficient (Wildman–Crippen LogP) is 7.95. The van der Waals surface area contributed by atoms with Gasteiger partial charge in [0.25, 0.3) is 0 Å². The molecule has 2 heterocycles. The zero-order valence-corrected chi connectivity index (χ0v) is 36.3. The lowest BCUT2D eigenvalue weighted by atomic mass is 9.97. The van der Waals surface area contributed by atoms with Gasteiger partial charge in [0, 0.05) is 0 Å². The lowest BCUT2D eigenvalue weighted by Gasteiger charge is -2.46. The van der Waals surface area contributed by atoms with Crippen LogP contribution in [-0.2, 0) is 82.3 Å². The van der Waals surface area contributed by atoms with Crippen LogP contribution in [0.2, 0.25) is 0 Å². The Balaban J connectivity index is 1.05. The summed E-state index contributed by atoms with van der Waals surface area (Å²) < 4.78 is 58.8. The molecule has 2 aliphatic rings. The van der Waals surface area contributed by atoms with Crippen LogP contribution in [0.1, 0.15) is 33.4 Å². The molecule has 8 rings (SSSR count). The Bertz CT molecular complexity index is 2210. The van der Waals surface area contributed by atoms with Crippen molar-refractivity contribution in [2.75, 3.05) is 13.2 Å². The van der Waals surface area contributed by atoms with Crippen molar-refractivity contribution in [2.24, 2.45) is 0 Å². The third-order valence-electron chi connectivity index (χ3n) is 11.5. The van der Waals surface area contributed by atoms with Crippen LogP contribution in [0.15, 0.2) is 182 Å². The van der Waals surface area contributed by atoms with E-state index in [1.807, 2.05) is 182 Å². The van der Waals surface area contributed by atoms with Gasteiger partial charge in [0.05, 0.1) is 52.9 Å². The van der Waals surface area contributed by atoms with Crippen LogP contribution >= 0.6 is 0 Å². The van der Waals surface area contributed by atoms with E-state index in [2.05, 4.69) is 0 Å². The highest BCUT2D eigenvalue weighted by Crippen LogP contribution is 2.33. The highest BCUT2D eigenvalue weighted by Gasteiger charge is 2.51. The first kappa shape index (κ1) is 46.4. The minimum atomic E-state index is -1.42. The van der Waals surface area contributed by atoms with E-state index in [1.165, 1.54) is 0 Å². The van der Waals surface area contributed by atoms with E-state index < -0.39 is 61.4 Å². The number of hydrogen-bond donors (Lipinski definition) is 2. The standard InChI is InChI=1S/C54H58O11/c55-47-50(60-34-42-25-13-4-14-26-42)48(58-32-40-21-9-2-10-22-40)45(37-57-31-39-19-7-1-8-20-39)65-54(47)63-38-46-49(59-33-41-23-11-3-12-24-41)51(61-35-43-27-15-5-16-28-43)52(53(56)64-46)62-36-44-29-17-6-18-30-44/h1-30,45-56H,31-38H2. The zero-order chi connectivity index (χ0) is 44.5. The van der Waals surface area contributed by atoms with E-state index in [0.29, 0.717) is 6.61 Å². The number of rotatable bonds is 22.